The number of nitrogens with one attached hydrogen (secondary N) is 1. The van der Waals surface area contributed by atoms with Gasteiger partial charge in [0.15, 0.2) is 0 Å². The molecule has 4 heteroatoms. The van der Waals surface area contributed by atoms with Crippen LogP contribution in [0.5, 0.6) is 0 Å². The summed E-state index contributed by atoms with van der Waals surface area (Å²) in [6.07, 6.45) is 5.04. The first-order valence-electron chi connectivity index (χ1n) is 7.90. The summed E-state index contributed by atoms with van der Waals surface area (Å²) in [6.45, 7) is 3.93. The van der Waals surface area contributed by atoms with Crippen LogP contribution in [0.3, 0.4) is 0 Å². The monoisotopic (exact) mass is 287 g/mol. The molecule has 0 spiro atoms. The molecule has 2 aliphatic heterocycles. The Labute approximate surface area is 125 Å². The lowest BCUT2D eigenvalue weighted by Crippen LogP contribution is -2.43. The predicted molar refractivity (Wildman–Crippen MR) is 80.1 cm³/mol. The SMILES string of the molecule is N#Cc1ccc(F)cc1CN1CCCC(C2CCCN2)C1. The lowest BCUT2D eigenvalue weighted by atomic mass is 9.89. The molecular formula is C17H22FN3. The highest BCUT2D eigenvalue weighted by molar-refractivity contribution is 5.37. The molecule has 0 radical (unpaired) electrons. The van der Waals surface area contributed by atoms with Gasteiger partial charge in [0.05, 0.1) is 11.6 Å². The minimum Gasteiger partial charge on any atom is -0.314 e. The summed E-state index contributed by atoms with van der Waals surface area (Å²) in [6, 6.07) is 7.28. The molecular weight excluding hydrogens is 265 g/mol. The molecule has 2 atom stereocenters. The van der Waals surface area contributed by atoms with E-state index in [2.05, 4.69) is 16.3 Å². The lowest BCUT2D eigenvalue weighted by Gasteiger charge is -2.36. The first kappa shape index (κ1) is 14.5. The third-order valence-corrected chi connectivity index (χ3v) is 4.79. The van der Waals surface area contributed by atoms with Crippen molar-refractivity contribution in [2.45, 2.75) is 38.3 Å². The summed E-state index contributed by atoms with van der Waals surface area (Å²) in [5.41, 5.74) is 1.41. The maximum Gasteiger partial charge on any atom is 0.123 e. The van der Waals surface area contributed by atoms with E-state index in [1.807, 2.05) is 0 Å². The van der Waals surface area contributed by atoms with E-state index in [9.17, 15) is 4.39 Å². The maximum atomic E-state index is 13.4. The van der Waals surface area contributed by atoms with Crippen LogP contribution in [0.1, 0.15) is 36.8 Å². The van der Waals surface area contributed by atoms with E-state index >= 15 is 0 Å². The van der Waals surface area contributed by atoms with E-state index in [1.165, 1.54) is 37.8 Å². The van der Waals surface area contributed by atoms with Gasteiger partial charge >= 0.3 is 0 Å². The fourth-order valence-electron chi connectivity index (χ4n) is 3.72. The highest BCUT2D eigenvalue weighted by Gasteiger charge is 2.29. The van der Waals surface area contributed by atoms with E-state index in [0.717, 1.165) is 25.2 Å². The van der Waals surface area contributed by atoms with Gasteiger partial charge in [-0.2, -0.15) is 5.26 Å². The van der Waals surface area contributed by atoms with Gasteiger partial charge in [-0.15, -0.1) is 0 Å². The zero-order valence-corrected chi connectivity index (χ0v) is 12.3. The molecule has 3 nitrogen and oxygen atoms in total. The van der Waals surface area contributed by atoms with Crippen LogP contribution in [0.15, 0.2) is 18.2 Å². The first-order valence-corrected chi connectivity index (χ1v) is 7.90. The number of nitriles is 1. The zero-order chi connectivity index (χ0) is 14.7. The van der Waals surface area contributed by atoms with Crippen molar-refractivity contribution in [1.82, 2.24) is 10.2 Å². The standard InChI is InChI=1S/C17H22FN3/c18-16-6-5-13(10-19)15(9-16)12-21-8-2-3-14(11-21)17-4-1-7-20-17/h5-6,9,14,17,20H,1-4,7-8,11-12H2. The Bertz CT molecular complexity index is 531. The molecule has 0 saturated carbocycles. The van der Waals surface area contributed by atoms with Crippen LogP contribution in [0.25, 0.3) is 0 Å². The summed E-state index contributed by atoms with van der Waals surface area (Å²) in [7, 11) is 0. The second-order valence-electron chi connectivity index (χ2n) is 6.25. The summed E-state index contributed by atoms with van der Waals surface area (Å²) in [5, 5.41) is 12.8. The van der Waals surface area contributed by atoms with Crippen LogP contribution in [0, 0.1) is 23.1 Å². The Morgan fingerprint density at radius 2 is 2.24 bits per heavy atom. The molecule has 112 valence electrons. The van der Waals surface area contributed by atoms with E-state index in [0.29, 0.717) is 24.1 Å². The molecule has 21 heavy (non-hydrogen) atoms. The number of nitrogens with zero attached hydrogens (tertiary/aromatic N) is 2. The van der Waals surface area contributed by atoms with Gasteiger partial charge in [-0.1, -0.05) is 0 Å². The quantitative estimate of drug-likeness (QED) is 0.929. The molecule has 1 N–H and O–H groups in total. The van der Waals surface area contributed by atoms with Gasteiger partial charge in [-0.3, -0.25) is 4.90 Å². The van der Waals surface area contributed by atoms with Crippen LogP contribution in [0.4, 0.5) is 4.39 Å². The minimum absolute atomic E-state index is 0.255. The average molecular weight is 287 g/mol. The zero-order valence-electron chi connectivity index (χ0n) is 12.3. The van der Waals surface area contributed by atoms with E-state index in [-0.39, 0.29) is 5.82 Å². The molecule has 2 fully saturated rings. The third kappa shape index (κ3) is 3.42. The third-order valence-electron chi connectivity index (χ3n) is 4.79. The molecule has 1 aromatic rings. The average Bonchev–Trinajstić information content (AvgIpc) is 3.02. The van der Waals surface area contributed by atoms with Gasteiger partial charge in [0.25, 0.3) is 0 Å². The van der Waals surface area contributed by atoms with Crippen molar-refractivity contribution in [3.8, 4) is 6.07 Å². The number of benzene rings is 1. The first-order chi connectivity index (χ1) is 10.3. The summed E-state index contributed by atoms with van der Waals surface area (Å²) < 4.78 is 13.4. The number of piperidine rings is 1. The van der Waals surface area contributed by atoms with Crippen molar-refractivity contribution in [2.75, 3.05) is 19.6 Å². The van der Waals surface area contributed by atoms with Crippen molar-refractivity contribution in [3.05, 3.63) is 35.1 Å². The topological polar surface area (TPSA) is 39.1 Å². The Hall–Kier alpha value is -1.44. The Kier molecular flexibility index (Phi) is 4.52. The van der Waals surface area contributed by atoms with Gasteiger partial charge in [0.2, 0.25) is 0 Å². The van der Waals surface area contributed by atoms with Gasteiger partial charge in [-0.05, 0) is 68.5 Å². The minimum atomic E-state index is -0.255. The molecule has 2 heterocycles. The Morgan fingerprint density at radius 1 is 1.33 bits per heavy atom. The van der Waals surface area contributed by atoms with Crippen molar-refractivity contribution >= 4 is 0 Å². The fourth-order valence-corrected chi connectivity index (χ4v) is 3.72. The van der Waals surface area contributed by atoms with Crippen LogP contribution >= 0.6 is 0 Å². The molecule has 0 amide bonds. The number of halogens is 1. The van der Waals surface area contributed by atoms with Crippen LogP contribution < -0.4 is 5.32 Å². The van der Waals surface area contributed by atoms with Crippen molar-refractivity contribution in [2.24, 2.45) is 5.92 Å². The highest BCUT2D eigenvalue weighted by Crippen LogP contribution is 2.26. The summed E-state index contributed by atoms with van der Waals surface area (Å²) >= 11 is 0. The summed E-state index contributed by atoms with van der Waals surface area (Å²) in [4.78, 5) is 2.38. The molecule has 2 aliphatic rings. The molecule has 2 unspecified atom stereocenters. The summed E-state index contributed by atoms with van der Waals surface area (Å²) in [5.74, 6) is 0.440. The molecule has 0 aliphatic carbocycles. The predicted octanol–water partition coefficient (Wildman–Crippen LogP) is 2.66. The van der Waals surface area contributed by atoms with E-state index in [4.69, 9.17) is 5.26 Å². The fraction of sp³-hybridized carbons (Fsp3) is 0.588. The second-order valence-corrected chi connectivity index (χ2v) is 6.25. The van der Waals surface area contributed by atoms with Crippen molar-refractivity contribution < 1.29 is 4.39 Å². The van der Waals surface area contributed by atoms with Crippen LogP contribution in [-0.4, -0.2) is 30.6 Å². The molecule has 0 bridgehead atoms. The molecule has 3 rings (SSSR count). The Balaban J connectivity index is 1.67. The van der Waals surface area contributed by atoms with Crippen molar-refractivity contribution in [1.29, 1.82) is 5.26 Å². The van der Waals surface area contributed by atoms with E-state index in [1.54, 1.807) is 6.07 Å². The molecule has 0 aromatic heterocycles. The molecule has 2 saturated heterocycles. The smallest absolute Gasteiger partial charge is 0.123 e. The Morgan fingerprint density at radius 3 is 3.00 bits per heavy atom. The lowest BCUT2D eigenvalue weighted by molar-refractivity contribution is 0.145. The van der Waals surface area contributed by atoms with Crippen LogP contribution in [0.2, 0.25) is 0 Å². The molecule has 1 aromatic carbocycles. The van der Waals surface area contributed by atoms with Gasteiger partial charge in [0.1, 0.15) is 5.82 Å². The van der Waals surface area contributed by atoms with E-state index < -0.39 is 0 Å². The number of likely N-dealkylation sites (tertiary alicyclic amines) is 1. The van der Waals surface area contributed by atoms with Crippen LogP contribution in [-0.2, 0) is 6.54 Å². The number of hydrogen-bond acceptors (Lipinski definition) is 3. The second kappa shape index (κ2) is 6.55. The van der Waals surface area contributed by atoms with Gasteiger partial charge in [0, 0.05) is 19.1 Å². The number of rotatable bonds is 3. The van der Waals surface area contributed by atoms with Crippen molar-refractivity contribution in [3.63, 3.8) is 0 Å². The number of hydrogen-bond donors (Lipinski definition) is 1. The largest absolute Gasteiger partial charge is 0.314 e. The normalized spacial score (nSPS) is 26.7. The van der Waals surface area contributed by atoms with Gasteiger partial charge < -0.3 is 5.32 Å². The van der Waals surface area contributed by atoms with Gasteiger partial charge in [-0.25, -0.2) is 4.39 Å². The maximum absolute atomic E-state index is 13.4. The highest BCUT2D eigenvalue weighted by atomic mass is 19.1.